The Morgan fingerprint density at radius 3 is 2.89 bits per heavy atom. The van der Waals surface area contributed by atoms with Crippen LogP contribution in [0.5, 0.6) is 0 Å². The SMILES string of the molecule is O=C(CCc1c(-c2cccc(Cl)c2)nc2ccccn12)NCc1ccco1. The van der Waals surface area contributed by atoms with Crippen LogP contribution in [0.25, 0.3) is 16.9 Å². The first kappa shape index (κ1) is 17.4. The number of hydrogen-bond acceptors (Lipinski definition) is 3. The van der Waals surface area contributed by atoms with E-state index in [4.69, 9.17) is 21.0 Å². The molecule has 3 aromatic heterocycles. The van der Waals surface area contributed by atoms with Gasteiger partial charge in [0.2, 0.25) is 5.91 Å². The number of imidazole rings is 1. The molecule has 4 aromatic rings. The molecule has 6 heteroatoms. The van der Waals surface area contributed by atoms with Crippen molar-refractivity contribution in [1.29, 1.82) is 0 Å². The van der Waals surface area contributed by atoms with Crippen molar-refractivity contribution in [3.8, 4) is 11.3 Å². The summed E-state index contributed by atoms with van der Waals surface area (Å²) in [5, 5.41) is 3.54. The molecule has 0 unspecified atom stereocenters. The highest BCUT2D eigenvalue weighted by Gasteiger charge is 2.15. The van der Waals surface area contributed by atoms with Crippen LogP contribution >= 0.6 is 11.6 Å². The summed E-state index contributed by atoms with van der Waals surface area (Å²) >= 11 is 6.16. The van der Waals surface area contributed by atoms with Gasteiger partial charge in [-0.3, -0.25) is 4.79 Å². The van der Waals surface area contributed by atoms with E-state index < -0.39 is 0 Å². The number of furan rings is 1. The Labute approximate surface area is 161 Å². The van der Waals surface area contributed by atoms with Gasteiger partial charge in [-0.15, -0.1) is 0 Å². The van der Waals surface area contributed by atoms with E-state index in [1.54, 1.807) is 12.3 Å². The number of nitrogens with one attached hydrogen (secondary N) is 1. The number of benzene rings is 1. The van der Waals surface area contributed by atoms with Crippen LogP contribution < -0.4 is 5.32 Å². The number of nitrogens with zero attached hydrogens (tertiary/aromatic N) is 2. The molecule has 0 aliphatic heterocycles. The van der Waals surface area contributed by atoms with E-state index in [0.717, 1.165) is 28.4 Å². The lowest BCUT2D eigenvalue weighted by Gasteiger charge is -2.07. The molecule has 0 aliphatic carbocycles. The van der Waals surface area contributed by atoms with E-state index in [-0.39, 0.29) is 5.91 Å². The minimum Gasteiger partial charge on any atom is -0.467 e. The van der Waals surface area contributed by atoms with Crippen molar-refractivity contribution >= 4 is 23.2 Å². The lowest BCUT2D eigenvalue weighted by atomic mass is 10.1. The summed E-state index contributed by atoms with van der Waals surface area (Å²) in [4.78, 5) is 17.0. The maximum Gasteiger partial charge on any atom is 0.220 e. The third-order valence-corrected chi connectivity index (χ3v) is 4.59. The van der Waals surface area contributed by atoms with Gasteiger partial charge in [-0.25, -0.2) is 4.98 Å². The number of halogens is 1. The summed E-state index contributed by atoms with van der Waals surface area (Å²) in [5.74, 6) is 0.701. The number of carbonyl (C=O) groups excluding carboxylic acids is 1. The standard InChI is InChI=1S/C21H18ClN3O2/c22-16-6-3-5-15(13-16)21-18(25-11-2-1-8-19(25)24-21)9-10-20(26)23-14-17-7-4-12-27-17/h1-8,11-13H,9-10,14H2,(H,23,26). The molecule has 0 bridgehead atoms. The van der Waals surface area contributed by atoms with Crippen LogP contribution in [-0.4, -0.2) is 15.3 Å². The average molecular weight is 380 g/mol. The quantitative estimate of drug-likeness (QED) is 0.536. The predicted molar refractivity (Wildman–Crippen MR) is 105 cm³/mol. The molecule has 0 aliphatic rings. The summed E-state index contributed by atoms with van der Waals surface area (Å²) < 4.78 is 7.26. The number of hydrogen-bond donors (Lipinski definition) is 1. The monoisotopic (exact) mass is 379 g/mol. The molecule has 136 valence electrons. The fourth-order valence-electron chi connectivity index (χ4n) is 3.07. The predicted octanol–water partition coefficient (Wildman–Crippen LogP) is 4.50. The Kier molecular flexibility index (Phi) is 4.94. The second-order valence-electron chi connectivity index (χ2n) is 6.20. The Morgan fingerprint density at radius 1 is 1.15 bits per heavy atom. The highest BCUT2D eigenvalue weighted by Crippen LogP contribution is 2.27. The van der Waals surface area contributed by atoms with Gasteiger partial charge in [0.25, 0.3) is 0 Å². The zero-order valence-electron chi connectivity index (χ0n) is 14.6. The fourth-order valence-corrected chi connectivity index (χ4v) is 3.26. The molecule has 0 atom stereocenters. The third-order valence-electron chi connectivity index (χ3n) is 4.36. The smallest absolute Gasteiger partial charge is 0.220 e. The molecule has 0 fully saturated rings. The normalized spacial score (nSPS) is 11.0. The molecular weight excluding hydrogens is 362 g/mol. The number of rotatable bonds is 6. The van der Waals surface area contributed by atoms with Crippen molar-refractivity contribution < 1.29 is 9.21 Å². The number of aryl methyl sites for hydroxylation is 1. The van der Waals surface area contributed by atoms with Gasteiger partial charge in [0.1, 0.15) is 11.4 Å². The van der Waals surface area contributed by atoms with Gasteiger partial charge in [-0.1, -0.05) is 29.8 Å². The van der Waals surface area contributed by atoms with E-state index in [9.17, 15) is 4.79 Å². The van der Waals surface area contributed by atoms with Crippen molar-refractivity contribution in [3.63, 3.8) is 0 Å². The molecule has 0 spiro atoms. The fraction of sp³-hybridized carbons (Fsp3) is 0.143. The van der Waals surface area contributed by atoms with Gasteiger partial charge >= 0.3 is 0 Å². The molecule has 1 N–H and O–H groups in total. The minimum absolute atomic E-state index is 0.0330. The summed E-state index contributed by atoms with van der Waals surface area (Å²) in [5.41, 5.74) is 3.62. The van der Waals surface area contributed by atoms with Crippen molar-refractivity contribution in [2.75, 3.05) is 0 Å². The van der Waals surface area contributed by atoms with Crippen molar-refractivity contribution in [2.24, 2.45) is 0 Å². The van der Waals surface area contributed by atoms with Crippen molar-refractivity contribution in [2.45, 2.75) is 19.4 Å². The number of fused-ring (bicyclic) bond motifs is 1. The Hall–Kier alpha value is -3.05. The number of amides is 1. The first-order valence-electron chi connectivity index (χ1n) is 8.72. The summed E-state index contributed by atoms with van der Waals surface area (Å²) in [6.45, 7) is 0.389. The molecule has 0 saturated heterocycles. The molecule has 5 nitrogen and oxygen atoms in total. The van der Waals surface area contributed by atoms with Gasteiger partial charge in [-0.2, -0.15) is 0 Å². The van der Waals surface area contributed by atoms with Gasteiger partial charge in [-0.05, 0) is 42.8 Å². The molecule has 0 saturated carbocycles. The first-order valence-corrected chi connectivity index (χ1v) is 9.09. The van der Waals surface area contributed by atoms with E-state index in [0.29, 0.717) is 24.4 Å². The Balaban J connectivity index is 1.56. The summed E-state index contributed by atoms with van der Waals surface area (Å²) in [7, 11) is 0. The Morgan fingerprint density at radius 2 is 2.07 bits per heavy atom. The summed E-state index contributed by atoms with van der Waals surface area (Å²) in [6, 6.07) is 17.1. The lowest BCUT2D eigenvalue weighted by molar-refractivity contribution is -0.121. The van der Waals surface area contributed by atoms with Crippen LogP contribution in [-0.2, 0) is 17.8 Å². The second kappa shape index (κ2) is 7.68. The molecule has 1 amide bonds. The molecular formula is C21H18ClN3O2. The third kappa shape index (κ3) is 3.88. The molecule has 27 heavy (non-hydrogen) atoms. The highest BCUT2D eigenvalue weighted by molar-refractivity contribution is 6.30. The lowest BCUT2D eigenvalue weighted by Crippen LogP contribution is -2.23. The van der Waals surface area contributed by atoms with Gasteiger partial charge in [0.05, 0.1) is 24.2 Å². The topological polar surface area (TPSA) is 59.5 Å². The van der Waals surface area contributed by atoms with Crippen LogP contribution in [0.15, 0.2) is 71.5 Å². The molecule has 1 aromatic carbocycles. The Bertz CT molecular complexity index is 1070. The highest BCUT2D eigenvalue weighted by atomic mass is 35.5. The van der Waals surface area contributed by atoms with Gasteiger partial charge in [0, 0.05) is 23.2 Å². The van der Waals surface area contributed by atoms with Crippen LogP contribution in [0.1, 0.15) is 17.9 Å². The van der Waals surface area contributed by atoms with E-state index in [1.165, 1.54) is 0 Å². The second-order valence-corrected chi connectivity index (χ2v) is 6.64. The first-order chi connectivity index (χ1) is 13.2. The van der Waals surface area contributed by atoms with Crippen LogP contribution in [0.3, 0.4) is 0 Å². The number of aromatic nitrogens is 2. The van der Waals surface area contributed by atoms with Crippen LogP contribution in [0, 0.1) is 0 Å². The van der Waals surface area contributed by atoms with Crippen LogP contribution in [0.4, 0.5) is 0 Å². The molecule has 0 radical (unpaired) electrons. The zero-order valence-corrected chi connectivity index (χ0v) is 15.3. The minimum atomic E-state index is -0.0330. The number of pyridine rings is 1. The molecule has 4 rings (SSSR count). The van der Waals surface area contributed by atoms with Crippen molar-refractivity contribution in [3.05, 3.63) is 83.5 Å². The van der Waals surface area contributed by atoms with E-state index >= 15 is 0 Å². The van der Waals surface area contributed by atoms with E-state index in [2.05, 4.69) is 5.32 Å². The largest absolute Gasteiger partial charge is 0.467 e. The zero-order chi connectivity index (χ0) is 18.6. The number of carbonyl (C=O) groups is 1. The maximum atomic E-state index is 12.3. The summed E-state index contributed by atoms with van der Waals surface area (Å²) in [6.07, 6.45) is 4.48. The molecule has 3 heterocycles. The average Bonchev–Trinajstić information content (AvgIpc) is 3.32. The maximum absolute atomic E-state index is 12.3. The van der Waals surface area contributed by atoms with Gasteiger partial charge in [0.15, 0.2) is 0 Å². The van der Waals surface area contributed by atoms with E-state index in [1.807, 2.05) is 59.1 Å². The van der Waals surface area contributed by atoms with Gasteiger partial charge < -0.3 is 14.1 Å². The van der Waals surface area contributed by atoms with Crippen molar-refractivity contribution in [1.82, 2.24) is 14.7 Å². The van der Waals surface area contributed by atoms with Crippen LogP contribution in [0.2, 0.25) is 5.02 Å².